The molecule has 0 fully saturated rings. The Kier molecular flexibility index (Phi) is 1.12. The number of nitrogen functional groups attached to an aromatic ring is 1. The smallest absolute Gasteiger partial charge is 0.0684 e. The lowest BCUT2D eigenvalue weighted by Crippen LogP contribution is -1.89. The van der Waals surface area contributed by atoms with Gasteiger partial charge < -0.3 is 5.73 Å². The molecule has 0 radical (unpaired) electrons. The molecule has 2 aromatic heterocycles. The first kappa shape index (κ1) is 6.22. The Morgan fingerprint density at radius 1 is 1.45 bits per heavy atom. The SMILES string of the molecule is Cc1cc2cc(N)ccn2n1. The summed E-state index contributed by atoms with van der Waals surface area (Å²) in [6, 6.07) is 5.73. The predicted molar refractivity (Wildman–Crippen MR) is 44.3 cm³/mol. The van der Waals surface area contributed by atoms with Gasteiger partial charge in [-0.2, -0.15) is 5.10 Å². The van der Waals surface area contributed by atoms with Crippen molar-refractivity contribution in [3.63, 3.8) is 0 Å². The van der Waals surface area contributed by atoms with E-state index in [4.69, 9.17) is 5.73 Å². The zero-order valence-electron chi connectivity index (χ0n) is 6.28. The largest absolute Gasteiger partial charge is 0.399 e. The second-order valence-corrected chi connectivity index (χ2v) is 2.62. The average Bonchev–Trinajstić information content (AvgIpc) is 2.27. The Labute approximate surface area is 64.4 Å². The van der Waals surface area contributed by atoms with Gasteiger partial charge in [0.1, 0.15) is 0 Å². The van der Waals surface area contributed by atoms with Crippen LogP contribution in [0.5, 0.6) is 0 Å². The number of hydrogen-bond acceptors (Lipinski definition) is 2. The topological polar surface area (TPSA) is 43.3 Å². The zero-order valence-corrected chi connectivity index (χ0v) is 6.28. The summed E-state index contributed by atoms with van der Waals surface area (Å²) in [5, 5.41) is 4.22. The number of anilines is 1. The maximum Gasteiger partial charge on any atom is 0.0684 e. The molecule has 2 aromatic rings. The zero-order chi connectivity index (χ0) is 7.84. The third kappa shape index (κ3) is 0.941. The standard InChI is InChI=1S/C8H9N3/c1-6-4-8-5-7(9)2-3-11(8)10-6/h2-5H,9H2,1H3. The molecule has 0 saturated heterocycles. The molecule has 0 amide bonds. The molecule has 0 bridgehead atoms. The van der Waals surface area contributed by atoms with Crippen LogP contribution < -0.4 is 5.73 Å². The molecule has 3 heteroatoms. The van der Waals surface area contributed by atoms with Crippen LogP contribution in [-0.2, 0) is 0 Å². The van der Waals surface area contributed by atoms with Crippen molar-refractivity contribution < 1.29 is 0 Å². The summed E-state index contributed by atoms with van der Waals surface area (Å²) in [6.07, 6.45) is 1.86. The first-order chi connectivity index (χ1) is 5.25. The van der Waals surface area contributed by atoms with Crippen LogP contribution in [-0.4, -0.2) is 9.61 Å². The minimum Gasteiger partial charge on any atom is -0.399 e. The minimum absolute atomic E-state index is 0.775. The molecular formula is C8H9N3. The van der Waals surface area contributed by atoms with Crippen LogP contribution in [0.3, 0.4) is 0 Å². The van der Waals surface area contributed by atoms with Crippen LogP contribution >= 0.6 is 0 Å². The van der Waals surface area contributed by atoms with Gasteiger partial charge in [0, 0.05) is 11.9 Å². The van der Waals surface area contributed by atoms with Crippen molar-refractivity contribution in [1.29, 1.82) is 0 Å². The second kappa shape index (κ2) is 1.99. The van der Waals surface area contributed by atoms with Crippen LogP contribution in [0.2, 0.25) is 0 Å². The number of hydrogen-bond donors (Lipinski definition) is 1. The van der Waals surface area contributed by atoms with Gasteiger partial charge in [-0.3, -0.25) is 0 Å². The average molecular weight is 147 g/mol. The highest BCUT2D eigenvalue weighted by molar-refractivity contribution is 5.56. The highest BCUT2D eigenvalue weighted by atomic mass is 15.2. The van der Waals surface area contributed by atoms with E-state index in [2.05, 4.69) is 5.10 Å². The van der Waals surface area contributed by atoms with Crippen LogP contribution in [0.25, 0.3) is 5.52 Å². The fourth-order valence-electron chi connectivity index (χ4n) is 1.14. The Hall–Kier alpha value is -1.51. The summed E-state index contributed by atoms with van der Waals surface area (Å²) in [7, 11) is 0. The number of nitrogens with zero attached hydrogens (tertiary/aromatic N) is 2. The summed E-state index contributed by atoms with van der Waals surface area (Å²) in [6.45, 7) is 1.96. The molecule has 0 atom stereocenters. The van der Waals surface area contributed by atoms with Gasteiger partial charge in [-0.05, 0) is 25.1 Å². The summed E-state index contributed by atoms with van der Waals surface area (Å²) < 4.78 is 1.81. The van der Waals surface area contributed by atoms with Gasteiger partial charge in [-0.15, -0.1) is 0 Å². The molecule has 0 spiro atoms. The van der Waals surface area contributed by atoms with Crippen LogP contribution in [0, 0.1) is 6.92 Å². The van der Waals surface area contributed by atoms with E-state index < -0.39 is 0 Å². The molecule has 3 nitrogen and oxygen atoms in total. The molecule has 0 aliphatic rings. The lowest BCUT2D eigenvalue weighted by atomic mass is 10.3. The van der Waals surface area contributed by atoms with E-state index in [-0.39, 0.29) is 0 Å². The lowest BCUT2D eigenvalue weighted by Gasteiger charge is -1.92. The van der Waals surface area contributed by atoms with Crippen LogP contribution in [0.15, 0.2) is 24.4 Å². The van der Waals surface area contributed by atoms with Crippen molar-refractivity contribution in [1.82, 2.24) is 9.61 Å². The van der Waals surface area contributed by atoms with Crippen LogP contribution in [0.4, 0.5) is 5.69 Å². The molecule has 0 saturated carbocycles. The molecule has 0 aromatic carbocycles. The Morgan fingerprint density at radius 2 is 2.27 bits per heavy atom. The number of fused-ring (bicyclic) bond motifs is 1. The normalized spacial score (nSPS) is 10.6. The molecule has 2 heterocycles. The van der Waals surface area contributed by atoms with Gasteiger partial charge in [-0.1, -0.05) is 0 Å². The van der Waals surface area contributed by atoms with Crippen molar-refractivity contribution in [3.05, 3.63) is 30.1 Å². The maximum atomic E-state index is 5.59. The van der Waals surface area contributed by atoms with Gasteiger partial charge in [0.2, 0.25) is 0 Å². The first-order valence-electron chi connectivity index (χ1n) is 3.47. The van der Waals surface area contributed by atoms with Crippen molar-refractivity contribution in [3.8, 4) is 0 Å². The maximum absolute atomic E-state index is 5.59. The van der Waals surface area contributed by atoms with E-state index in [1.54, 1.807) is 0 Å². The molecule has 2 rings (SSSR count). The Balaban J connectivity index is 2.82. The van der Waals surface area contributed by atoms with Gasteiger partial charge in [-0.25, -0.2) is 4.52 Å². The fourth-order valence-corrected chi connectivity index (χ4v) is 1.14. The second-order valence-electron chi connectivity index (χ2n) is 2.62. The van der Waals surface area contributed by atoms with E-state index >= 15 is 0 Å². The Bertz CT molecular complexity index is 389. The van der Waals surface area contributed by atoms with Gasteiger partial charge in [0.25, 0.3) is 0 Å². The van der Waals surface area contributed by atoms with Gasteiger partial charge >= 0.3 is 0 Å². The van der Waals surface area contributed by atoms with E-state index in [1.807, 2.05) is 35.8 Å². The van der Waals surface area contributed by atoms with E-state index in [9.17, 15) is 0 Å². The summed E-state index contributed by atoms with van der Waals surface area (Å²) in [5.74, 6) is 0. The highest BCUT2D eigenvalue weighted by Crippen LogP contribution is 2.09. The van der Waals surface area contributed by atoms with E-state index in [1.165, 1.54) is 0 Å². The Morgan fingerprint density at radius 3 is 3.09 bits per heavy atom. The van der Waals surface area contributed by atoms with Gasteiger partial charge in [0.05, 0.1) is 11.2 Å². The third-order valence-corrected chi connectivity index (χ3v) is 1.61. The number of rotatable bonds is 0. The summed E-state index contributed by atoms with van der Waals surface area (Å²) in [5.41, 5.74) is 8.42. The number of pyridine rings is 1. The van der Waals surface area contributed by atoms with Crippen LogP contribution in [0.1, 0.15) is 5.69 Å². The summed E-state index contributed by atoms with van der Waals surface area (Å²) in [4.78, 5) is 0. The lowest BCUT2D eigenvalue weighted by molar-refractivity contribution is 0.935. The number of aromatic nitrogens is 2. The van der Waals surface area contributed by atoms with Crippen molar-refractivity contribution in [2.75, 3.05) is 5.73 Å². The quantitative estimate of drug-likeness (QED) is 0.609. The monoisotopic (exact) mass is 147 g/mol. The molecule has 0 aliphatic heterocycles. The molecule has 11 heavy (non-hydrogen) atoms. The molecule has 56 valence electrons. The molecular weight excluding hydrogens is 138 g/mol. The summed E-state index contributed by atoms with van der Waals surface area (Å²) >= 11 is 0. The molecule has 0 unspecified atom stereocenters. The van der Waals surface area contributed by atoms with Crippen molar-refractivity contribution in [2.45, 2.75) is 6.92 Å². The minimum atomic E-state index is 0.775. The van der Waals surface area contributed by atoms with Crippen molar-refractivity contribution >= 4 is 11.2 Å². The van der Waals surface area contributed by atoms with Gasteiger partial charge in [0.15, 0.2) is 0 Å². The molecule has 0 aliphatic carbocycles. The van der Waals surface area contributed by atoms with Crippen molar-refractivity contribution in [2.24, 2.45) is 0 Å². The number of aryl methyl sites for hydroxylation is 1. The van der Waals surface area contributed by atoms with E-state index in [0.717, 1.165) is 16.9 Å². The molecule has 2 N–H and O–H groups in total. The number of nitrogens with two attached hydrogens (primary N) is 1. The fraction of sp³-hybridized carbons (Fsp3) is 0.125. The third-order valence-electron chi connectivity index (χ3n) is 1.61. The van der Waals surface area contributed by atoms with E-state index in [0.29, 0.717) is 0 Å². The predicted octanol–water partition coefficient (Wildman–Crippen LogP) is 1.22. The highest BCUT2D eigenvalue weighted by Gasteiger charge is 1.95. The first-order valence-corrected chi connectivity index (χ1v) is 3.47.